The number of nitrogens with zero attached hydrogens (tertiary/aromatic N) is 1. The third-order valence-electron chi connectivity index (χ3n) is 3.60. The van der Waals surface area contributed by atoms with Gasteiger partial charge in [0.2, 0.25) is 0 Å². The first kappa shape index (κ1) is 12.2. The van der Waals surface area contributed by atoms with E-state index in [2.05, 4.69) is 18.7 Å². The standard InChI is InChI=1S/C14H22N2O/c1-11-9-16(10-12(11)2)6-7-17-14-5-3-4-13(15)8-14/h3-5,8,11-12H,6-7,9-10,15H2,1-2H3. The van der Waals surface area contributed by atoms with Crippen LogP contribution in [0.1, 0.15) is 13.8 Å². The summed E-state index contributed by atoms with van der Waals surface area (Å²) < 4.78 is 5.70. The zero-order valence-electron chi connectivity index (χ0n) is 10.7. The van der Waals surface area contributed by atoms with Crippen molar-refractivity contribution in [3.63, 3.8) is 0 Å². The molecule has 1 aromatic rings. The molecule has 0 aromatic heterocycles. The molecule has 1 saturated heterocycles. The molecule has 1 fully saturated rings. The Labute approximate surface area is 104 Å². The van der Waals surface area contributed by atoms with Gasteiger partial charge < -0.3 is 10.5 Å². The van der Waals surface area contributed by atoms with Crippen molar-refractivity contribution in [1.82, 2.24) is 4.90 Å². The molecule has 3 heteroatoms. The van der Waals surface area contributed by atoms with E-state index in [1.54, 1.807) is 0 Å². The van der Waals surface area contributed by atoms with Crippen molar-refractivity contribution in [2.75, 3.05) is 32.0 Å². The van der Waals surface area contributed by atoms with Gasteiger partial charge in [0.25, 0.3) is 0 Å². The summed E-state index contributed by atoms with van der Waals surface area (Å²) >= 11 is 0. The van der Waals surface area contributed by atoms with E-state index in [9.17, 15) is 0 Å². The van der Waals surface area contributed by atoms with Crippen LogP contribution < -0.4 is 10.5 Å². The Morgan fingerprint density at radius 2 is 2.00 bits per heavy atom. The molecule has 0 spiro atoms. The quantitative estimate of drug-likeness (QED) is 0.812. The van der Waals surface area contributed by atoms with Crippen molar-refractivity contribution in [2.45, 2.75) is 13.8 Å². The molecule has 0 radical (unpaired) electrons. The maximum absolute atomic E-state index is 5.70. The highest BCUT2D eigenvalue weighted by Crippen LogP contribution is 2.21. The number of benzene rings is 1. The Morgan fingerprint density at radius 3 is 2.65 bits per heavy atom. The largest absolute Gasteiger partial charge is 0.492 e. The average molecular weight is 234 g/mol. The minimum Gasteiger partial charge on any atom is -0.492 e. The lowest BCUT2D eigenvalue weighted by Crippen LogP contribution is -2.26. The van der Waals surface area contributed by atoms with Crippen LogP contribution in [0.4, 0.5) is 5.69 Å². The number of anilines is 1. The second-order valence-corrected chi connectivity index (χ2v) is 5.14. The molecule has 2 rings (SSSR count). The fourth-order valence-electron chi connectivity index (χ4n) is 2.33. The van der Waals surface area contributed by atoms with Crippen LogP contribution in [0.5, 0.6) is 5.75 Å². The molecule has 17 heavy (non-hydrogen) atoms. The topological polar surface area (TPSA) is 38.5 Å². The van der Waals surface area contributed by atoms with Crippen LogP contribution in [0, 0.1) is 11.8 Å². The predicted octanol–water partition coefficient (Wildman–Crippen LogP) is 2.24. The minimum absolute atomic E-state index is 0.739. The highest BCUT2D eigenvalue weighted by Gasteiger charge is 2.25. The lowest BCUT2D eigenvalue weighted by molar-refractivity contribution is 0.232. The van der Waals surface area contributed by atoms with Crippen LogP contribution in [0.3, 0.4) is 0 Å². The third kappa shape index (κ3) is 3.37. The van der Waals surface area contributed by atoms with Crippen LogP contribution >= 0.6 is 0 Å². The van der Waals surface area contributed by atoms with Crippen molar-refractivity contribution < 1.29 is 4.74 Å². The molecule has 0 bridgehead atoms. The Hall–Kier alpha value is -1.22. The molecule has 0 amide bonds. The fraction of sp³-hybridized carbons (Fsp3) is 0.571. The molecule has 3 nitrogen and oxygen atoms in total. The lowest BCUT2D eigenvalue weighted by Gasteiger charge is -2.15. The molecule has 2 N–H and O–H groups in total. The monoisotopic (exact) mass is 234 g/mol. The number of likely N-dealkylation sites (tertiary alicyclic amines) is 1. The highest BCUT2D eigenvalue weighted by atomic mass is 16.5. The molecule has 94 valence electrons. The third-order valence-corrected chi connectivity index (χ3v) is 3.60. The molecule has 1 aliphatic rings. The first-order chi connectivity index (χ1) is 8.15. The molecular formula is C14H22N2O. The summed E-state index contributed by atoms with van der Waals surface area (Å²) in [5, 5.41) is 0. The van der Waals surface area contributed by atoms with Crippen molar-refractivity contribution in [3.05, 3.63) is 24.3 Å². The summed E-state index contributed by atoms with van der Waals surface area (Å²) in [5.74, 6) is 2.48. The fourth-order valence-corrected chi connectivity index (χ4v) is 2.33. The van der Waals surface area contributed by atoms with Gasteiger partial charge in [-0.25, -0.2) is 0 Å². The van der Waals surface area contributed by atoms with Crippen molar-refractivity contribution in [2.24, 2.45) is 11.8 Å². The van der Waals surface area contributed by atoms with E-state index in [1.165, 1.54) is 13.1 Å². The van der Waals surface area contributed by atoms with Gasteiger partial charge >= 0.3 is 0 Å². The number of ether oxygens (including phenoxy) is 1. The van der Waals surface area contributed by atoms with Gasteiger partial charge in [0, 0.05) is 31.4 Å². The van der Waals surface area contributed by atoms with E-state index < -0.39 is 0 Å². The summed E-state index contributed by atoms with van der Waals surface area (Å²) in [6.45, 7) is 8.78. The summed E-state index contributed by atoms with van der Waals surface area (Å²) in [7, 11) is 0. The second-order valence-electron chi connectivity index (χ2n) is 5.14. The summed E-state index contributed by atoms with van der Waals surface area (Å²) in [5.41, 5.74) is 6.45. The predicted molar refractivity (Wildman–Crippen MR) is 71.1 cm³/mol. The van der Waals surface area contributed by atoms with Crippen LogP contribution in [-0.4, -0.2) is 31.1 Å². The maximum atomic E-state index is 5.70. The number of nitrogen functional groups attached to an aromatic ring is 1. The van der Waals surface area contributed by atoms with Gasteiger partial charge in [-0.05, 0) is 24.0 Å². The summed E-state index contributed by atoms with van der Waals surface area (Å²) in [4.78, 5) is 2.47. The highest BCUT2D eigenvalue weighted by molar-refractivity contribution is 5.43. The van der Waals surface area contributed by atoms with Crippen molar-refractivity contribution >= 4 is 5.69 Å². The van der Waals surface area contributed by atoms with Crippen LogP contribution in [-0.2, 0) is 0 Å². The average Bonchev–Trinajstić information content (AvgIpc) is 2.58. The summed E-state index contributed by atoms with van der Waals surface area (Å²) in [6.07, 6.45) is 0. The van der Waals surface area contributed by atoms with Gasteiger partial charge in [-0.1, -0.05) is 19.9 Å². The van der Waals surface area contributed by atoms with Crippen LogP contribution in [0.25, 0.3) is 0 Å². The van der Waals surface area contributed by atoms with E-state index >= 15 is 0 Å². The number of hydrogen-bond donors (Lipinski definition) is 1. The smallest absolute Gasteiger partial charge is 0.121 e. The van der Waals surface area contributed by atoms with Gasteiger partial charge in [-0.3, -0.25) is 4.90 Å². The summed E-state index contributed by atoms with van der Waals surface area (Å²) in [6, 6.07) is 7.61. The van der Waals surface area contributed by atoms with E-state index in [-0.39, 0.29) is 0 Å². The SMILES string of the molecule is CC1CN(CCOc2cccc(N)c2)CC1C. The van der Waals surface area contributed by atoms with Crippen molar-refractivity contribution in [1.29, 1.82) is 0 Å². The first-order valence-corrected chi connectivity index (χ1v) is 6.36. The Bertz CT molecular complexity index is 357. The second kappa shape index (κ2) is 5.41. The van der Waals surface area contributed by atoms with Gasteiger partial charge in [0.15, 0.2) is 0 Å². The van der Waals surface area contributed by atoms with E-state index in [0.717, 1.165) is 36.4 Å². The van der Waals surface area contributed by atoms with Crippen LogP contribution in [0.2, 0.25) is 0 Å². The molecule has 0 saturated carbocycles. The molecule has 1 aliphatic heterocycles. The van der Waals surface area contributed by atoms with Gasteiger partial charge in [-0.15, -0.1) is 0 Å². The Morgan fingerprint density at radius 1 is 1.29 bits per heavy atom. The molecular weight excluding hydrogens is 212 g/mol. The van der Waals surface area contributed by atoms with E-state index in [1.807, 2.05) is 24.3 Å². The van der Waals surface area contributed by atoms with Crippen LogP contribution in [0.15, 0.2) is 24.3 Å². The van der Waals surface area contributed by atoms with E-state index in [4.69, 9.17) is 10.5 Å². The Kier molecular flexibility index (Phi) is 3.89. The first-order valence-electron chi connectivity index (χ1n) is 6.36. The maximum Gasteiger partial charge on any atom is 0.121 e. The minimum atomic E-state index is 0.739. The van der Waals surface area contributed by atoms with Crippen molar-refractivity contribution in [3.8, 4) is 5.75 Å². The zero-order valence-corrected chi connectivity index (χ0v) is 10.7. The molecule has 1 aromatic carbocycles. The molecule has 1 heterocycles. The molecule has 2 atom stereocenters. The van der Waals surface area contributed by atoms with Gasteiger partial charge in [0.1, 0.15) is 12.4 Å². The van der Waals surface area contributed by atoms with Gasteiger partial charge in [0.05, 0.1) is 0 Å². The molecule has 0 aliphatic carbocycles. The zero-order chi connectivity index (χ0) is 12.3. The normalized spacial score (nSPS) is 25.1. The Balaban J connectivity index is 1.73. The van der Waals surface area contributed by atoms with Gasteiger partial charge in [-0.2, -0.15) is 0 Å². The number of rotatable bonds is 4. The molecule has 2 unspecified atom stereocenters. The number of hydrogen-bond acceptors (Lipinski definition) is 3. The lowest BCUT2D eigenvalue weighted by atomic mass is 10.0. The number of nitrogens with two attached hydrogens (primary N) is 1. The van der Waals surface area contributed by atoms with E-state index in [0.29, 0.717) is 0 Å².